The number of hydrogen-bond donors (Lipinski definition) is 6. The highest BCUT2D eigenvalue weighted by atomic mass is 35.5. The summed E-state index contributed by atoms with van der Waals surface area (Å²) in [6.45, 7) is 4.98. The second-order valence-electron chi connectivity index (χ2n) is 4.65. The number of aromatic amines is 1. The van der Waals surface area contributed by atoms with Crippen LogP contribution in [0.25, 0.3) is 11.3 Å². The van der Waals surface area contributed by atoms with Gasteiger partial charge in [-0.1, -0.05) is 43.3 Å². The first-order valence-electron chi connectivity index (χ1n) is 7.03. The zero-order valence-electron chi connectivity index (χ0n) is 13.2. The van der Waals surface area contributed by atoms with Crippen molar-refractivity contribution < 1.29 is 5.11 Å². The van der Waals surface area contributed by atoms with E-state index >= 15 is 0 Å². The Kier molecular flexibility index (Phi) is 7.03. The third-order valence-electron chi connectivity index (χ3n) is 3.12. The van der Waals surface area contributed by atoms with Gasteiger partial charge in [-0.2, -0.15) is 0 Å². The van der Waals surface area contributed by atoms with Gasteiger partial charge in [0.25, 0.3) is 0 Å². The number of H-pyrrole nitrogens is 1. The van der Waals surface area contributed by atoms with Crippen LogP contribution in [-0.4, -0.2) is 15.8 Å². The molecule has 8 N–H and O–H groups in total. The molecule has 0 unspecified atom stereocenters. The summed E-state index contributed by atoms with van der Waals surface area (Å²) in [6, 6.07) is 6.78. The lowest BCUT2D eigenvalue weighted by molar-refractivity contribution is 0.470. The first-order valence-corrected chi connectivity index (χ1v) is 7.41. The molecule has 0 saturated heterocycles. The van der Waals surface area contributed by atoms with E-state index in [4.69, 9.17) is 22.7 Å². The van der Waals surface area contributed by atoms with E-state index in [2.05, 4.69) is 22.8 Å². The lowest BCUT2D eigenvalue weighted by Gasteiger charge is -2.11. The van der Waals surface area contributed by atoms with Crippen LogP contribution >= 0.6 is 11.6 Å². The molecular formula is C16H20ClN5O2. The Labute approximate surface area is 144 Å². The minimum absolute atomic E-state index is 0.000744. The van der Waals surface area contributed by atoms with Crippen LogP contribution in [0.3, 0.4) is 0 Å². The molecule has 1 aromatic heterocycles. The van der Waals surface area contributed by atoms with Crippen molar-refractivity contribution in [1.82, 2.24) is 10.4 Å². The van der Waals surface area contributed by atoms with Crippen molar-refractivity contribution in [3.63, 3.8) is 0 Å². The van der Waals surface area contributed by atoms with Crippen LogP contribution in [0.1, 0.15) is 18.9 Å². The molecule has 0 atom stereocenters. The number of aromatic nitrogens is 1. The van der Waals surface area contributed by atoms with Gasteiger partial charge in [-0.3, -0.25) is 10.6 Å². The normalized spacial score (nSPS) is 9.62. The van der Waals surface area contributed by atoms with Crippen LogP contribution in [0.2, 0.25) is 5.02 Å². The number of anilines is 1. The van der Waals surface area contributed by atoms with Crippen LogP contribution in [-0.2, 0) is 0 Å². The first-order chi connectivity index (χ1) is 11.4. The molecule has 1 heterocycles. The molecule has 0 bridgehead atoms. The van der Waals surface area contributed by atoms with Crippen LogP contribution in [0.15, 0.2) is 41.8 Å². The lowest BCUT2D eigenvalue weighted by Crippen LogP contribution is -2.19. The van der Waals surface area contributed by atoms with Gasteiger partial charge in [-0.05, 0) is 12.5 Å². The number of nitrogens with one attached hydrogen (secondary N) is 3. The Hall–Kier alpha value is -2.77. The highest BCUT2D eigenvalue weighted by Crippen LogP contribution is 2.31. The summed E-state index contributed by atoms with van der Waals surface area (Å²) in [5.41, 5.74) is 8.04. The van der Waals surface area contributed by atoms with Crippen molar-refractivity contribution >= 4 is 23.1 Å². The summed E-state index contributed by atoms with van der Waals surface area (Å²) in [5.74, 6) is 4.22. The van der Waals surface area contributed by atoms with Gasteiger partial charge < -0.3 is 26.7 Å². The van der Waals surface area contributed by atoms with E-state index in [1.165, 1.54) is 6.20 Å². The predicted molar refractivity (Wildman–Crippen MR) is 98.2 cm³/mol. The standard InChI is InChI=1S/C14H14ClN3O2.C2H6N2/c1-2-9(16)10-12(19)13(20)11(18-14(10)17)7-5-3-4-6-8(7)15;1-2-4-3/h3-6,16,20H,2H2,1H3,(H3,17,18,19);2,4H,1,3H2. The molecule has 0 saturated carbocycles. The number of benzene rings is 1. The molecule has 2 rings (SSSR count). The summed E-state index contributed by atoms with van der Waals surface area (Å²) in [6.07, 6.45) is 1.75. The second-order valence-corrected chi connectivity index (χ2v) is 5.06. The molecule has 24 heavy (non-hydrogen) atoms. The zero-order valence-corrected chi connectivity index (χ0v) is 13.9. The largest absolute Gasteiger partial charge is 0.503 e. The minimum atomic E-state index is -0.664. The number of nitrogen functional groups attached to an aromatic ring is 1. The summed E-state index contributed by atoms with van der Waals surface area (Å²) in [5, 5.41) is 18.2. The van der Waals surface area contributed by atoms with E-state index in [1.54, 1.807) is 31.2 Å². The van der Waals surface area contributed by atoms with E-state index in [0.29, 0.717) is 17.0 Å². The molecular weight excluding hydrogens is 330 g/mol. The van der Waals surface area contributed by atoms with Gasteiger partial charge in [0.05, 0.1) is 16.3 Å². The van der Waals surface area contributed by atoms with Gasteiger partial charge in [-0.25, -0.2) is 0 Å². The number of hydrazine groups is 1. The van der Waals surface area contributed by atoms with Gasteiger partial charge in [-0.15, -0.1) is 0 Å². The molecule has 128 valence electrons. The number of aromatic hydroxyl groups is 1. The fraction of sp³-hybridized carbons (Fsp3) is 0.125. The van der Waals surface area contributed by atoms with Crippen LogP contribution in [0.5, 0.6) is 5.75 Å². The molecule has 0 aliphatic carbocycles. The monoisotopic (exact) mass is 349 g/mol. The fourth-order valence-corrected chi connectivity index (χ4v) is 2.18. The van der Waals surface area contributed by atoms with Crippen molar-refractivity contribution in [1.29, 1.82) is 5.41 Å². The maximum atomic E-state index is 12.2. The Morgan fingerprint density at radius 2 is 2.08 bits per heavy atom. The summed E-state index contributed by atoms with van der Waals surface area (Å²) >= 11 is 6.05. The Balaban J connectivity index is 0.000000648. The Morgan fingerprint density at radius 1 is 1.50 bits per heavy atom. The van der Waals surface area contributed by atoms with Crippen molar-refractivity contribution in [2.45, 2.75) is 13.3 Å². The van der Waals surface area contributed by atoms with Gasteiger partial charge in [0.1, 0.15) is 5.82 Å². The number of nitrogens with two attached hydrogens (primary N) is 2. The average molecular weight is 350 g/mol. The number of hydrogen-bond acceptors (Lipinski definition) is 6. The molecule has 0 aliphatic rings. The molecule has 0 aliphatic heterocycles. The topological polar surface area (TPSA) is 141 Å². The molecule has 0 spiro atoms. The Morgan fingerprint density at radius 3 is 2.58 bits per heavy atom. The quantitative estimate of drug-likeness (QED) is 0.285. The van der Waals surface area contributed by atoms with Gasteiger partial charge in [0, 0.05) is 17.5 Å². The summed E-state index contributed by atoms with van der Waals surface area (Å²) in [7, 11) is 0. The molecule has 7 nitrogen and oxygen atoms in total. The van der Waals surface area contributed by atoms with E-state index in [-0.39, 0.29) is 22.8 Å². The van der Waals surface area contributed by atoms with Crippen molar-refractivity contribution in [2.75, 3.05) is 5.73 Å². The minimum Gasteiger partial charge on any atom is -0.503 e. The molecule has 1 aromatic carbocycles. The average Bonchev–Trinajstić information content (AvgIpc) is 2.59. The van der Waals surface area contributed by atoms with Gasteiger partial charge >= 0.3 is 0 Å². The highest BCUT2D eigenvalue weighted by Gasteiger charge is 2.19. The van der Waals surface area contributed by atoms with Crippen LogP contribution in [0, 0.1) is 5.41 Å². The van der Waals surface area contributed by atoms with Gasteiger partial charge in [0.2, 0.25) is 5.43 Å². The maximum absolute atomic E-state index is 12.2. The number of halogens is 1. The van der Waals surface area contributed by atoms with Gasteiger partial charge in [0.15, 0.2) is 5.75 Å². The van der Waals surface area contributed by atoms with Crippen LogP contribution in [0.4, 0.5) is 5.82 Å². The summed E-state index contributed by atoms with van der Waals surface area (Å²) in [4.78, 5) is 14.9. The van der Waals surface area contributed by atoms with E-state index in [0.717, 1.165) is 0 Å². The van der Waals surface area contributed by atoms with Crippen molar-refractivity contribution in [2.24, 2.45) is 5.84 Å². The lowest BCUT2D eigenvalue weighted by atomic mass is 10.0. The molecule has 0 amide bonds. The maximum Gasteiger partial charge on any atom is 0.234 e. The number of rotatable bonds is 4. The molecule has 0 fully saturated rings. The number of pyridine rings is 1. The van der Waals surface area contributed by atoms with Crippen molar-refractivity contribution in [3.8, 4) is 17.0 Å². The third kappa shape index (κ3) is 4.15. The SMILES string of the molecule is C=CNN.CCC(=N)c1c(N)[nH]c(-c2ccccc2Cl)c(O)c1=O. The second kappa shape index (κ2) is 8.76. The Bertz CT molecular complexity index is 802. The zero-order chi connectivity index (χ0) is 18.3. The molecule has 0 radical (unpaired) electrons. The van der Waals surface area contributed by atoms with Crippen molar-refractivity contribution in [3.05, 3.63) is 57.9 Å². The molecule has 2 aromatic rings. The summed E-state index contributed by atoms with van der Waals surface area (Å²) < 4.78 is 0. The fourth-order valence-electron chi connectivity index (χ4n) is 1.95. The van der Waals surface area contributed by atoms with Crippen LogP contribution < -0.4 is 22.4 Å². The van der Waals surface area contributed by atoms with E-state index in [9.17, 15) is 9.90 Å². The van der Waals surface area contributed by atoms with E-state index in [1.807, 2.05) is 0 Å². The third-order valence-corrected chi connectivity index (χ3v) is 3.45. The first kappa shape index (κ1) is 19.3. The predicted octanol–water partition coefficient (Wildman–Crippen LogP) is 2.35. The molecule has 8 heteroatoms. The van der Waals surface area contributed by atoms with E-state index < -0.39 is 11.2 Å². The smallest absolute Gasteiger partial charge is 0.234 e. The highest BCUT2D eigenvalue weighted by molar-refractivity contribution is 6.33.